The molecule has 5 rings (SSSR count). The minimum atomic E-state index is -0.496. The first-order chi connectivity index (χ1) is 21.6. The van der Waals surface area contributed by atoms with Gasteiger partial charge in [0.15, 0.2) is 0 Å². The van der Waals surface area contributed by atoms with E-state index in [0.717, 1.165) is 44.3 Å². The maximum atomic E-state index is 13.7. The number of hydrogen-bond acceptors (Lipinski definition) is 9. The molecule has 44 heavy (non-hydrogen) atoms. The molecule has 0 bridgehead atoms. The van der Waals surface area contributed by atoms with Crippen molar-refractivity contribution in [3.63, 3.8) is 0 Å². The number of aromatic nitrogens is 1. The number of nitrogens with one attached hydrogen (secondary N) is 1. The van der Waals surface area contributed by atoms with Crippen LogP contribution in [-0.2, 0) is 44.4 Å². The molecule has 0 aliphatic carbocycles. The number of carbonyl (C=O) groups excluding carboxylic acids is 2. The molecule has 2 aromatic rings. The van der Waals surface area contributed by atoms with Gasteiger partial charge in [-0.2, -0.15) is 0 Å². The van der Waals surface area contributed by atoms with Crippen molar-refractivity contribution in [3.05, 3.63) is 41.6 Å². The highest BCUT2D eigenvalue weighted by molar-refractivity contribution is 6.17. The van der Waals surface area contributed by atoms with Crippen LogP contribution >= 0.6 is 0 Å². The maximum absolute atomic E-state index is 13.7. The third kappa shape index (κ3) is 7.35. The molecule has 1 aromatic heterocycles. The van der Waals surface area contributed by atoms with Gasteiger partial charge in [-0.05, 0) is 49.9 Å². The molecule has 3 aliphatic rings. The van der Waals surface area contributed by atoms with Crippen molar-refractivity contribution < 1.29 is 38.0 Å². The fourth-order valence-corrected chi connectivity index (χ4v) is 6.86. The van der Waals surface area contributed by atoms with Crippen molar-refractivity contribution in [2.75, 3.05) is 92.8 Å². The van der Waals surface area contributed by atoms with Gasteiger partial charge in [0.05, 0.1) is 71.0 Å². The van der Waals surface area contributed by atoms with Crippen molar-refractivity contribution in [2.24, 2.45) is 5.41 Å². The number of fused-ring (bicyclic) bond motifs is 3. The lowest BCUT2D eigenvalue weighted by Gasteiger charge is -2.53. The molecule has 1 saturated heterocycles. The van der Waals surface area contributed by atoms with Gasteiger partial charge >= 0.3 is 5.97 Å². The van der Waals surface area contributed by atoms with E-state index in [9.17, 15) is 9.59 Å². The molecule has 0 saturated carbocycles. The second-order valence-corrected chi connectivity index (χ2v) is 11.5. The van der Waals surface area contributed by atoms with Crippen LogP contribution < -0.4 is 5.32 Å². The van der Waals surface area contributed by atoms with Gasteiger partial charge in [-0.15, -0.1) is 0 Å². The predicted octanol–water partition coefficient (Wildman–Crippen LogP) is 2.96. The second-order valence-electron chi connectivity index (χ2n) is 11.5. The number of hydrogen-bond donors (Lipinski definition) is 1. The zero-order chi connectivity index (χ0) is 30.8. The van der Waals surface area contributed by atoms with Crippen LogP contribution in [-0.4, -0.2) is 114 Å². The summed E-state index contributed by atoms with van der Waals surface area (Å²) in [5.74, 6) is -0.750. The number of methoxy groups -OCH3 is 1. The number of ether oxygens (including phenoxy) is 6. The van der Waals surface area contributed by atoms with Crippen LogP contribution in [0.15, 0.2) is 30.3 Å². The molecule has 1 amide bonds. The standard InChI is InChI=1S/C33H47N3O8/c1-3-33-10-6-11-35-12-9-26-25-7-4-5-8-27(25)36(30(26)31(33)35)28(23-33)32(38)34-24-29(37)44-22-21-43-20-19-42-18-17-41-16-15-40-14-13-39-2/h4-5,7-8,23,31H,3,6,9-22,24H2,1-2H3,(H,34,38)/t31-,33+/m1/s1. The minimum Gasteiger partial charge on any atom is -0.462 e. The SMILES string of the molecule is CC[C@@]12C=C(C(=O)NCC(=O)OCCOCCOCCOCCOCCOC)n3c4c(c5ccccc53)CCN(CCC1)[C@H]42. The molecule has 2 atom stereocenters. The Kier molecular flexibility index (Phi) is 11.8. The first-order valence-electron chi connectivity index (χ1n) is 15.9. The van der Waals surface area contributed by atoms with Crippen LogP contribution in [0.5, 0.6) is 0 Å². The Morgan fingerprint density at radius 3 is 2.25 bits per heavy atom. The van der Waals surface area contributed by atoms with Crippen molar-refractivity contribution >= 4 is 28.5 Å². The van der Waals surface area contributed by atoms with Crippen LogP contribution in [0.3, 0.4) is 0 Å². The molecule has 0 spiro atoms. The van der Waals surface area contributed by atoms with Gasteiger partial charge in [-0.25, -0.2) is 0 Å². The number of amides is 1. The monoisotopic (exact) mass is 613 g/mol. The van der Waals surface area contributed by atoms with Gasteiger partial charge in [0.25, 0.3) is 5.91 Å². The lowest BCUT2D eigenvalue weighted by atomic mass is 9.66. The highest BCUT2D eigenvalue weighted by atomic mass is 16.6. The lowest BCUT2D eigenvalue weighted by Crippen LogP contribution is -2.51. The molecule has 3 aliphatic heterocycles. The largest absolute Gasteiger partial charge is 0.462 e. The fourth-order valence-electron chi connectivity index (χ4n) is 6.86. The zero-order valence-electron chi connectivity index (χ0n) is 26.1. The molecule has 11 nitrogen and oxygen atoms in total. The Morgan fingerprint density at radius 2 is 1.57 bits per heavy atom. The Morgan fingerprint density at radius 1 is 0.909 bits per heavy atom. The molecule has 11 heteroatoms. The minimum absolute atomic E-state index is 0.0991. The van der Waals surface area contributed by atoms with E-state index in [2.05, 4.69) is 46.0 Å². The Labute approximate surface area is 259 Å². The summed E-state index contributed by atoms with van der Waals surface area (Å²) in [6, 6.07) is 8.63. The first kappa shape index (κ1) is 32.6. The number of benzene rings is 1. The maximum Gasteiger partial charge on any atom is 0.325 e. The van der Waals surface area contributed by atoms with Gasteiger partial charge in [-0.3, -0.25) is 14.5 Å². The molecule has 0 radical (unpaired) electrons. The van der Waals surface area contributed by atoms with Crippen LogP contribution in [0.2, 0.25) is 0 Å². The lowest BCUT2D eigenvalue weighted by molar-refractivity contribution is -0.145. The second kappa shape index (κ2) is 16.0. The van der Waals surface area contributed by atoms with Gasteiger partial charge < -0.3 is 38.3 Å². The Balaban J connectivity index is 1.05. The number of para-hydroxylation sites is 1. The first-order valence-corrected chi connectivity index (χ1v) is 15.9. The summed E-state index contributed by atoms with van der Waals surface area (Å²) in [7, 11) is 1.64. The fraction of sp³-hybridized carbons (Fsp3) is 0.636. The van der Waals surface area contributed by atoms with Crippen LogP contribution in [0.4, 0.5) is 0 Å². The number of nitrogens with zero attached hydrogens (tertiary/aromatic N) is 2. The van der Waals surface area contributed by atoms with E-state index in [1.54, 1.807) is 7.11 Å². The van der Waals surface area contributed by atoms with E-state index in [4.69, 9.17) is 28.4 Å². The topological polar surface area (TPSA) is 110 Å². The van der Waals surface area contributed by atoms with Crippen molar-refractivity contribution in [2.45, 2.75) is 38.6 Å². The third-order valence-electron chi connectivity index (χ3n) is 8.91. The van der Waals surface area contributed by atoms with Crippen LogP contribution in [0.25, 0.3) is 16.6 Å². The molecule has 242 valence electrons. The Hall–Kier alpha value is -2.80. The van der Waals surface area contributed by atoms with E-state index in [-0.39, 0.29) is 37.1 Å². The van der Waals surface area contributed by atoms with Gasteiger partial charge in [0, 0.05) is 30.1 Å². The quantitative estimate of drug-likeness (QED) is 0.189. The highest BCUT2D eigenvalue weighted by Gasteiger charge is 2.51. The number of rotatable bonds is 19. The zero-order valence-corrected chi connectivity index (χ0v) is 26.1. The molecule has 1 fully saturated rings. The van der Waals surface area contributed by atoms with Crippen molar-refractivity contribution in [1.82, 2.24) is 14.8 Å². The van der Waals surface area contributed by atoms with Gasteiger partial charge in [-0.1, -0.05) is 25.1 Å². The summed E-state index contributed by atoms with van der Waals surface area (Å²) in [4.78, 5) is 28.7. The number of esters is 1. The normalized spacial score (nSPS) is 20.8. The van der Waals surface area contributed by atoms with Crippen molar-refractivity contribution in [1.29, 1.82) is 0 Å². The summed E-state index contributed by atoms with van der Waals surface area (Å²) < 4.78 is 34.0. The summed E-state index contributed by atoms with van der Waals surface area (Å²) >= 11 is 0. The summed E-state index contributed by atoms with van der Waals surface area (Å²) in [6.07, 6.45) is 6.30. The summed E-state index contributed by atoms with van der Waals surface area (Å²) in [6.45, 7) is 8.44. The molecule has 1 N–H and O–H groups in total. The Bertz CT molecular complexity index is 1290. The van der Waals surface area contributed by atoms with Crippen LogP contribution in [0.1, 0.15) is 43.5 Å². The molecular formula is C33H47N3O8. The van der Waals surface area contributed by atoms with E-state index in [0.29, 0.717) is 58.6 Å². The summed E-state index contributed by atoms with van der Waals surface area (Å²) in [5.41, 5.74) is 4.18. The average molecular weight is 614 g/mol. The molecular weight excluding hydrogens is 566 g/mol. The number of carbonyl (C=O) groups is 2. The third-order valence-corrected chi connectivity index (χ3v) is 8.91. The molecule has 4 heterocycles. The van der Waals surface area contributed by atoms with Crippen molar-refractivity contribution in [3.8, 4) is 0 Å². The van der Waals surface area contributed by atoms with Gasteiger partial charge in [0.2, 0.25) is 0 Å². The summed E-state index contributed by atoms with van der Waals surface area (Å²) in [5, 5.41) is 4.05. The smallest absolute Gasteiger partial charge is 0.325 e. The molecule has 0 unspecified atom stereocenters. The number of piperidine rings is 1. The average Bonchev–Trinajstić information content (AvgIpc) is 3.39. The van der Waals surface area contributed by atoms with E-state index in [1.165, 1.54) is 16.6 Å². The van der Waals surface area contributed by atoms with Crippen LogP contribution in [0, 0.1) is 5.41 Å². The predicted molar refractivity (Wildman–Crippen MR) is 165 cm³/mol. The highest BCUT2D eigenvalue weighted by Crippen LogP contribution is 2.56. The molecule has 1 aromatic carbocycles. The van der Waals surface area contributed by atoms with E-state index in [1.807, 2.05) is 6.07 Å². The van der Waals surface area contributed by atoms with Gasteiger partial charge in [0.1, 0.15) is 18.8 Å². The van der Waals surface area contributed by atoms with E-state index >= 15 is 0 Å². The van der Waals surface area contributed by atoms with E-state index < -0.39 is 5.97 Å².